The Kier molecular flexibility index (Phi) is 2.97. The van der Waals surface area contributed by atoms with Crippen LogP contribution in [0.3, 0.4) is 0 Å². The highest BCUT2D eigenvalue weighted by molar-refractivity contribution is 7.17. The first-order valence-corrected chi connectivity index (χ1v) is 5.99. The monoisotopic (exact) mass is 239 g/mol. The third kappa shape index (κ3) is 1.73. The van der Waals surface area contributed by atoms with Gasteiger partial charge in [-0.3, -0.25) is 0 Å². The maximum atomic E-state index is 14.4. The first kappa shape index (κ1) is 11.5. The van der Waals surface area contributed by atoms with Crippen LogP contribution in [0, 0.1) is 0 Å². The van der Waals surface area contributed by atoms with Crippen LogP contribution in [-0.4, -0.2) is 17.8 Å². The molecule has 1 heterocycles. The smallest absolute Gasteiger partial charge is 0.173 e. The number of aliphatic hydroxyl groups is 1. The average molecular weight is 239 g/mol. The van der Waals surface area contributed by atoms with Gasteiger partial charge in [-0.25, -0.2) is 4.39 Å². The summed E-state index contributed by atoms with van der Waals surface area (Å²) in [5.41, 5.74) is 4.18. The van der Waals surface area contributed by atoms with Crippen molar-refractivity contribution in [2.24, 2.45) is 5.73 Å². The van der Waals surface area contributed by atoms with Gasteiger partial charge in [0.25, 0.3) is 0 Å². The number of hydrogen-bond donors (Lipinski definition) is 2. The predicted octanol–water partition coefficient (Wildman–Crippen LogP) is 2.41. The molecule has 0 fully saturated rings. The minimum atomic E-state index is -1.86. The molecule has 0 saturated heterocycles. The molecule has 2 aromatic rings. The SMILES string of the molecule is CC(N)C(F)(CO)c1ccc2sccc2c1. The first-order chi connectivity index (χ1) is 7.58. The summed E-state index contributed by atoms with van der Waals surface area (Å²) < 4.78 is 15.5. The van der Waals surface area contributed by atoms with Gasteiger partial charge in [-0.1, -0.05) is 6.07 Å². The number of fused-ring (bicyclic) bond motifs is 1. The molecule has 0 bridgehead atoms. The van der Waals surface area contributed by atoms with Crippen LogP contribution < -0.4 is 5.73 Å². The Morgan fingerprint density at radius 1 is 1.50 bits per heavy atom. The summed E-state index contributed by atoms with van der Waals surface area (Å²) in [5, 5.41) is 12.1. The van der Waals surface area contributed by atoms with Gasteiger partial charge in [-0.05, 0) is 41.5 Å². The van der Waals surface area contributed by atoms with E-state index < -0.39 is 18.3 Å². The molecule has 86 valence electrons. The fraction of sp³-hybridized carbons (Fsp3) is 0.333. The van der Waals surface area contributed by atoms with E-state index >= 15 is 0 Å². The minimum absolute atomic E-state index is 0.441. The summed E-state index contributed by atoms with van der Waals surface area (Å²) in [7, 11) is 0. The maximum absolute atomic E-state index is 14.4. The lowest BCUT2D eigenvalue weighted by atomic mass is 9.90. The number of halogens is 1. The Bertz CT molecular complexity index is 496. The lowest BCUT2D eigenvalue weighted by molar-refractivity contribution is 0.0489. The van der Waals surface area contributed by atoms with Gasteiger partial charge in [0.05, 0.1) is 6.61 Å². The third-order valence-corrected chi connectivity index (χ3v) is 3.78. The maximum Gasteiger partial charge on any atom is 0.173 e. The second-order valence-electron chi connectivity index (χ2n) is 3.98. The van der Waals surface area contributed by atoms with E-state index in [0.29, 0.717) is 5.56 Å². The molecule has 2 nitrogen and oxygen atoms in total. The molecular weight excluding hydrogens is 225 g/mol. The summed E-state index contributed by atoms with van der Waals surface area (Å²) in [4.78, 5) is 0. The predicted molar refractivity (Wildman–Crippen MR) is 65.3 cm³/mol. The Hall–Kier alpha value is -0.970. The van der Waals surface area contributed by atoms with Crippen molar-refractivity contribution in [3.8, 4) is 0 Å². The molecule has 0 saturated carbocycles. The fourth-order valence-corrected chi connectivity index (χ4v) is 2.49. The van der Waals surface area contributed by atoms with Crippen LogP contribution in [0.4, 0.5) is 4.39 Å². The molecule has 2 atom stereocenters. The number of thiophene rings is 1. The quantitative estimate of drug-likeness (QED) is 0.864. The fourth-order valence-electron chi connectivity index (χ4n) is 1.72. The van der Waals surface area contributed by atoms with Gasteiger partial charge in [-0.15, -0.1) is 11.3 Å². The van der Waals surface area contributed by atoms with Gasteiger partial charge in [0.1, 0.15) is 0 Å². The molecule has 0 amide bonds. The largest absolute Gasteiger partial charge is 0.393 e. The zero-order valence-electron chi connectivity index (χ0n) is 8.98. The molecule has 16 heavy (non-hydrogen) atoms. The van der Waals surface area contributed by atoms with Crippen LogP contribution >= 0.6 is 11.3 Å². The highest BCUT2D eigenvalue weighted by Gasteiger charge is 2.35. The van der Waals surface area contributed by atoms with E-state index in [1.807, 2.05) is 17.5 Å². The zero-order valence-corrected chi connectivity index (χ0v) is 9.80. The van der Waals surface area contributed by atoms with E-state index in [1.54, 1.807) is 30.4 Å². The second-order valence-corrected chi connectivity index (χ2v) is 4.93. The van der Waals surface area contributed by atoms with E-state index in [4.69, 9.17) is 5.73 Å². The standard InChI is InChI=1S/C12H14FNOS/c1-8(14)12(13,7-15)10-2-3-11-9(6-10)4-5-16-11/h2-6,8,15H,7,14H2,1H3. The van der Waals surface area contributed by atoms with Crippen molar-refractivity contribution in [2.45, 2.75) is 18.6 Å². The zero-order chi connectivity index (χ0) is 11.8. The van der Waals surface area contributed by atoms with E-state index in [-0.39, 0.29) is 0 Å². The van der Waals surface area contributed by atoms with Crippen LogP contribution in [0.2, 0.25) is 0 Å². The summed E-state index contributed by atoms with van der Waals surface area (Å²) in [6, 6.07) is 6.50. The molecule has 2 unspecified atom stereocenters. The summed E-state index contributed by atoms with van der Waals surface area (Å²) >= 11 is 1.61. The van der Waals surface area contributed by atoms with Crippen LogP contribution in [0.5, 0.6) is 0 Å². The molecule has 1 aromatic heterocycles. The van der Waals surface area contributed by atoms with Gasteiger partial charge in [0.2, 0.25) is 0 Å². The summed E-state index contributed by atoms with van der Waals surface area (Å²) in [6.07, 6.45) is 0. The molecule has 0 aliphatic rings. The van der Waals surface area contributed by atoms with E-state index in [2.05, 4.69) is 0 Å². The van der Waals surface area contributed by atoms with E-state index in [1.165, 1.54) is 0 Å². The molecule has 4 heteroatoms. The molecule has 0 radical (unpaired) electrons. The topological polar surface area (TPSA) is 46.2 Å². The van der Waals surface area contributed by atoms with Crippen molar-refractivity contribution in [2.75, 3.05) is 6.61 Å². The van der Waals surface area contributed by atoms with Gasteiger partial charge in [0, 0.05) is 10.7 Å². The van der Waals surface area contributed by atoms with Crippen molar-refractivity contribution < 1.29 is 9.50 Å². The number of rotatable bonds is 3. The van der Waals surface area contributed by atoms with Crippen LogP contribution in [-0.2, 0) is 5.67 Å². The van der Waals surface area contributed by atoms with Gasteiger partial charge >= 0.3 is 0 Å². The lowest BCUT2D eigenvalue weighted by Crippen LogP contribution is -2.42. The summed E-state index contributed by atoms with van der Waals surface area (Å²) in [5.74, 6) is 0. The highest BCUT2D eigenvalue weighted by atomic mass is 32.1. The van der Waals surface area contributed by atoms with Gasteiger partial charge < -0.3 is 10.8 Å². The molecule has 1 aromatic carbocycles. The molecule has 0 aliphatic carbocycles. The van der Waals surface area contributed by atoms with Gasteiger partial charge in [-0.2, -0.15) is 0 Å². The van der Waals surface area contributed by atoms with Crippen LogP contribution in [0.25, 0.3) is 10.1 Å². The molecular formula is C12H14FNOS. The van der Waals surface area contributed by atoms with Crippen LogP contribution in [0.1, 0.15) is 12.5 Å². The van der Waals surface area contributed by atoms with E-state index in [0.717, 1.165) is 10.1 Å². The number of nitrogens with two attached hydrogens (primary N) is 1. The number of aliphatic hydroxyl groups excluding tert-OH is 1. The Morgan fingerprint density at radius 3 is 2.88 bits per heavy atom. The third-order valence-electron chi connectivity index (χ3n) is 2.88. The lowest BCUT2D eigenvalue weighted by Gasteiger charge is -2.27. The number of alkyl halides is 1. The Labute approximate surface area is 97.5 Å². The number of hydrogen-bond acceptors (Lipinski definition) is 3. The Balaban J connectivity index is 2.52. The Morgan fingerprint density at radius 2 is 2.25 bits per heavy atom. The van der Waals surface area contributed by atoms with Crippen molar-refractivity contribution in [1.29, 1.82) is 0 Å². The van der Waals surface area contributed by atoms with Crippen LogP contribution in [0.15, 0.2) is 29.6 Å². The van der Waals surface area contributed by atoms with Gasteiger partial charge in [0.15, 0.2) is 5.67 Å². The van der Waals surface area contributed by atoms with Crippen molar-refractivity contribution >= 4 is 21.4 Å². The van der Waals surface area contributed by atoms with Crippen molar-refractivity contribution in [1.82, 2.24) is 0 Å². The highest BCUT2D eigenvalue weighted by Crippen LogP contribution is 2.32. The summed E-state index contributed by atoms with van der Waals surface area (Å²) in [6.45, 7) is 0.967. The van der Waals surface area contributed by atoms with Crippen molar-refractivity contribution in [3.05, 3.63) is 35.2 Å². The second kappa shape index (κ2) is 4.13. The molecule has 0 spiro atoms. The molecule has 2 rings (SSSR count). The average Bonchev–Trinajstić information content (AvgIpc) is 2.74. The molecule has 0 aliphatic heterocycles. The first-order valence-electron chi connectivity index (χ1n) is 5.11. The number of benzene rings is 1. The normalized spacial score (nSPS) is 17.2. The minimum Gasteiger partial charge on any atom is -0.393 e. The van der Waals surface area contributed by atoms with Crippen molar-refractivity contribution in [3.63, 3.8) is 0 Å². The van der Waals surface area contributed by atoms with E-state index in [9.17, 15) is 9.50 Å². The molecule has 3 N–H and O–H groups in total.